The number of rotatable bonds is 5. The van der Waals surface area contributed by atoms with Crippen LogP contribution < -0.4 is 5.73 Å². The van der Waals surface area contributed by atoms with E-state index < -0.39 is 6.10 Å². The molecule has 18 heavy (non-hydrogen) atoms. The molecule has 4 N–H and O–H groups in total. The van der Waals surface area contributed by atoms with Gasteiger partial charge in [-0.05, 0) is 12.5 Å². The fourth-order valence-electron chi connectivity index (χ4n) is 2.04. The van der Waals surface area contributed by atoms with Crippen LogP contribution in [0.2, 0.25) is 0 Å². The van der Waals surface area contributed by atoms with Crippen LogP contribution in [0.1, 0.15) is 13.3 Å². The minimum atomic E-state index is -0.605. The van der Waals surface area contributed by atoms with Crippen LogP contribution in [0.3, 0.4) is 0 Å². The molecule has 6 heteroatoms. The first-order chi connectivity index (χ1) is 8.67. The van der Waals surface area contributed by atoms with Gasteiger partial charge in [-0.2, -0.15) is 0 Å². The van der Waals surface area contributed by atoms with Gasteiger partial charge in [0.05, 0.1) is 18.0 Å². The molecule has 2 atom stereocenters. The first-order valence-corrected chi connectivity index (χ1v) is 6.01. The minimum Gasteiger partial charge on any atom is -0.396 e. The van der Waals surface area contributed by atoms with Crippen molar-refractivity contribution in [1.82, 2.24) is 14.5 Å². The minimum absolute atomic E-state index is 0.0199. The first kappa shape index (κ1) is 12.8. The lowest BCUT2D eigenvalue weighted by molar-refractivity contribution is 0.0533. The molecule has 0 saturated carbocycles. The van der Waals surface area contributed by atoms with E-state index in [1.54, 1.807) is 0 Å². The fraction of sp³-hybridized carbons (Fsp3) is 0.500. The quantitative estimate of drug-likeness (QED) is 0.713. The Hall–Kier alpha value is -1.66. The summed E-state index contributed by atoms with van der Waals surface area (Å²) in [4.78, 5) is 8.08. The van der Waals surface area contributed by atoms with Crippen LogP contribution in [0.4, 0.5) is 5.82 Å². The Balaban J connectivity index is 2.24. The van der Waals surface area contributed by atoms with Crippen molar-refractivity contribution in [2.45, 2.75) is 26.0 Å². The highest BCUT2D eigenvalue weighted by Crippen LogP contribution is 2.19. The van der Waals surface area contributed by atoms with Gasteiger partial charge in [0.15, 0.2) is 0 Å². The van der Waals surface area contributed by atoms with E-state index in [2.05, 4.69) is 9.97 Å². The van der Waals surface area contributed by atoms with E-state index in [-0.39, 0.29) is 12.5 Å². The number of anilines is 1. The van der Waals surface area contributed by atoms with Gasteiger partial charge < -0.3 is 20.5 Å². The third kappa shape index (κ3) is 2.30. The van der Waals surface area contributed by atoms with E-state index in [0.717, 1.165) is 11.8 Å². The third-order valence-corrected chi connectivity index (χ3v) is 3.27. The lowest BCUT2D eigenvalue weighted by atomic mass is 10.0. The molecule has 0 amide bonds. The second-order valence-corrected chi connectivity index (χ2v) is 4.38. The molecular formula is C12H18N4O2. The number of hydrogen-bond acceptors (Lipinski definition) is 5. The van der Waals surface area contributed by atoms with Gasteiger partial charge in [-0.15, -0.1) is 0 Å². The Labute approximate surface area is 105 Å². The average Bonchev–Trinajstić information content (AvgIpc) is 2.76. The van der Waals surface area contributed by atoms with Crippen LogP contribution in [-0.4, -0.2) is 37.5 Å². The van der Waals surface area contributed by atoms with E-state index in [1.807, 2.05) is 23.8 Å². The molecule has 2 aromatic rings. The van der Waals surface area contributed by atoms with Gasteiger partial charge in [0.1, 0.15) is 17.8 Å². The number of nitrogen functional groups attached to an aromatic ring is 1. The van der Waals surface area contributed by atoms with Crippen LogP contribution in [0.5, 0.6) is 0 Å². The molecule has 98 valence electrons. The maximum atomic E-state index is 10.1. The highest BCUT2D eigenvalue weighted by atomic mass is 16.3. The molecule has 0 saturated heterocycles. The number of fused-ring (bicyclic) bond motifs is 1. The monoisotopic (exact) mass is 250 g/mol. The van der Waals surface area contributed by atoms with E-state index in [9.17, 15) is 5.11 Å². The van der Waals surface area contributed by atoms with Crippen LogP contribution in [0, 0.1) is 5.92 Å². The summed E-state index contributed by atoms with van der Waals surface area (Å²) in [5.41, 5.74) is 6.45. The largest absolute Gasteiger partial charge is 0.396 e. The Morgan fingerprint density at radius 3 is 2.89 bits per heavy atom. The van der Waals surface area contributed by atoms with Crippen molar-refractivity contribution in [1.29, 1.82) is 0 Å². The number of aliphatic hydroxyl groups is 2. The molecule has 2 heterocycles. The normalized spacial score (nSPS) is 14.8. The standard InChI is InChI=1S/C12H18N4O2/c1-2-8(6-17)10(18)5-16-4-3-9-11(13)14-7-15-12(9)16/h3-4,7-8,10,17-18H,2,5-6H2,1H3,(H2,13,14,15)/t8-,10-/m0/s1. The van der Waals surface area contributed by atoms with Crippen LogP contribution in [-0.2, 0) is 6.54 Å². The van der Waals surface area contributed by atoms with E-state index in [0.29, 0.717) is 18.0 Å². The number of nitrogens with two attached hydrogens (primary N) is 1. The van der Waals surface area contributed by atoms with E-state index in [4.69, 9.17) is 10.8 Å². The molecule has 2 rings (SSSR count). The topological polar surface area (TPSA) is 97.2 Å². The lowest BCUT2D eigenvalue weighted by Gasteiger charge is -2.20. The van der Waals surface area contributed by atoms with Crippen LogP contribution >= 0.6 is 0 Å². The third-order valence-electron chi connectivity index (χ3n) is 3.27. The van der Waals surface area contributed by atoms with Crippen molar-refractivity contribution in [2.75, 3.05) is 12.3 Å². The summed E-state index contributed by atoms with van der Waals surface area (Å²) in [6, 6.07) is 1.83. The summed E-state index contributed by atoms with van der Waals surface area (Å²) in [5.74, 6) is 0.309. The molecule has 0 aliphatic heterocycles. The second-order valence-electron chi connectivity index (χ2n) is 4.38. The van der Waals surface area contributed by atoms with Crippen LogP contribution in [0.25, 0.3) is 11.0 Å². The summed E-state index contributed by atoms with van der Waals surface area (Å²) in [6.07, 6.45) is 3.35. The van der Waals surface area contributed by atoms with Crippen molar-refractivity contribution in [3.05, 3.63) is 18.6 Å². The Morgan fingerprint density at radius 1 is 1.44 bits per heavy atom. The number of aliphatic hydroxyl groups excluding tert-OH is 2. The van der Waals surface area contributed by atoms with E-state index in [1.165, 1.54) is 6.33 Å². The summed E-state index contributed by atoms with van der Waals surface area (Å²) in [5, 5.41) is 20.0. The van der Waals surface area contributed by atoms with Crippen molar-refractivity contribution in [3.63, 3.8) is 0 Å². The molecular weight excluding hydrogens is 232 g/mol. The van der Waals surface area contributed by atoms with Gasteiger partial charge in [-0.25, -0.2) is 9.97 Å². The molecule has 0 unspecified atom stereocenters. The van der Waals surface area contributed by atoms with Gasteiger partial charge in [-0.3, -0.25) is 0 Å². The van der Waals surface area contributed by atoms with Gasteiger partial charge >= 0.3 is 0 Å². The molecule has 6 nitrogen and oxygen atoms in total. The highest BCUT2D eigenvalue weighted by molar-refractivity contribution is 5.85. The zero-order chi connectivity index (χ0) is 13.1. The summed E-state index contributed by atoms with van der Waals surface area (Å²) >= 11 is 0. The first-order valence-electron chi connectivity index (χ1n) is 6.01. The molecule has 0 radical (unpaired) electrons. The molecule has 2 aromatic heterocycles. The van der Waals surface area contributed by atoms with Crippen molar-refractivity contribution in [3.8, 4) is 0 Å². The number of hydrogen-bond donors (Lipinski definition) is 3. The predicted octanol–water partition coefficient (Wildman–Crippen LogP) is 0.393. The van der Waals surface area contributed by atoms with Gasteiger partial charge in [0.25, 0.3) is 0 Å². The maximum Gasteiger partial charge on any atom is 0.145 e. The molecule has 0 aromatic carbocycles. The van der Waals surface area contributed by atoms with E-state index >= 15 is 0 Å². The predicted molar refractivity (Wildman–Crippen MR) is 68.8 cm³/mol. The van der Waals surface area contributed by atoms with Gasteiger partial charge in [-0.1, -0.05) is 6.92 Å². The molecule has 0 aliphatic carbocycles. The highest BCUT2D eigenvalue weighted by Gasteiger charge is 2.18. The number of aromatic nitrogens is 3. The zero-order valence-corrected chi connectivity index (χ0v) is 10.3. The Bertz CT molecular complexity index is 522. The van der Waals surface area contributed by atoms with Gasteiger partial charge in [0.2, 0.25) is 0 Å². The zero-order valence-electron chi connectivity index (χ0n) is 10.3. The molecule has 0 aliphatic rings. The summed E-state index contributed by atoms with van der Waals surface area (Å²) in [7, 11) is 0. The summed E-state index contributed by atoms with van der Waals surface area (Å²) < 4.78 is 1.83. The summed E-state index contributed by atoms with van der Waals surface area (Å²) in [6.45, 7) is 2.31. The smallest absolute Gasteiger partial charge is 0.145 e. The van der Waals surface area contributed by atoms with Gasteiger partial charge in [0, 0.05) is 18.7 Å². The van der Waals surface area contributed by atoms with Crippen molar-refractivity contribution >= 4 is 16.9 Å². The average molecular weight is 250 g/mol. The SMILES string of the molecule is CC[C@@H](CO)[C@@H](O)Cn1ccc2c(N)ncnc21. The Kier molecular flexibility index (Phi) is 3.78. The fourth-order valence-corrected chi connectivity index (χ4v) is 2.04. The lowest BCUT2D eigenvalue weighted by Crippen LogP contribution is -2.27. The van der Waals surface area contributed by atoms with Crippen molar-refractivity contribution in [2.24, 2.45) is 5.92 Å². The van der Waals surface area contributed by atoms with Crippen molar-refractivity contribution < 1.29 is 10.2 Å². The Morgan fingerprint density at radius 2 is 2.22 bits per heavy atom. The molecule has 0 fully saturated rings. The molecule has 0 bridgehead atoms. The second kappa shape index (κ2) is 5.32. The molecule has 0 spiro atoms. The maximum absolute atomic E-state index is 10.1. The van der Waals surface area contributed by atoms with Crippen LogP contribution in [0.15, 0.2) is 18.6 Å². The number of nitrogens with zero attached hydrogens (tertiary/aromatic N) is 3.